The van der Waals surface area contributed by atoms with Crippen molar-refractivity contribution in [1.82, 2.24) is 9.97 Å². The molecule has 0 fully saturated rings. The zero-order chi connectivity index (χ0) is 17.8. The number of rotatable bonds is 5. The molecule has 128 valence electrons. The maximum atomic E-state index is 13.8. The van der Waals surface area contributed by atoms with Crippen LogP contribution in [0.1, 0.15) is 11.1 Å². The third-order valence-electron chi connectivity index (χ3n) is 3.68. The Morgan fingerprint density at radius 3 is 2.84 bits per heavy atom. The largest absolute Gasteiger partial charge is 0.389 e. The Morgan fingerprint density at radius 1 is 1.20 bits per heavy atom. The Balaban J connectivity index is 1.77. The van der Waals surface area contributed by atoms with Gasteiger partial charge in [-0.25, -0.2) is 9.37 Å². The molecule has 3 rings (SSSR count). The minimum atomic E-state index is -0.317. The summed E-state index contributed by atoms with van der Waals surface area (Å²) in [7, 11) is 3.78. The van der Waals surface area contributed by atoms with Gasteiger partial charge in [0.25, 0.3) is 0 Å². The van der Waals surface area contributed by atoms with Gasteiger partial charge in [0.2, 0.25) is 0 Å². The van der Waals surface area contributed by atoms with E-state index < -0.39 is 0 Å². The number of nitrogens with two attached hydrogens (primary N) is 1. The van der Waals surface area contributed by atoms with Gasteiger partial charge in [0.1, 0.15) is 18.2 Å². The van der Waals surface area contributed by atoms with Crippen molar-refractivity contribution in [3.63, 3.8) is 0 Å². The number of pyridine rings is 2. The predicted octanol–water partition coefficient (Wildman–Crippen LogP) is 2.67. The molecule has 0 saturated carbocycles. The molecule has 2 aromatic heterocycles. The van der Waals surface area contributed by atoms with Gasteiger partial charge in [-0.1, -0.05) is 11.2 Å². The summed E-state index contributed by atoms with van der Waals surface area (Å²) < 4.78 is 13.8. The first kappa shape index (κ1) is 16.6. The number of aromatic nitrogens is 2. The SMILES string of the molecule is CN(C)c1cc(/C(N)=N\OCc2ccc(F)c3cccnc23)ccn1. The van der Waals surface area contributed by atoms with Gasteiger partial charge in [0.15, 0.2) is 5.84 Å². The lowest BCUT2D eigenvalue weighted by atomic mass is 10.1. The second-order valence-electron chi connectivity index (χ2n) is 5.65. The van der Waals surface area contributed by atoms with Crippen molar-refractivity contribution in [1.29, 1.82) is 0 Å². The second kappa shape index (κ2) is 7.12. The minimum absolute atomic E-state index is 0.139. The quantitative estimate of drug-likeness (QED) is 0.439. The number of oxime groups is 1. The van der Waals surface area contributed by atoms with Crippen molar-refractivity contribution >= 4 is 22.6 Å². The molecule has 25 heavy (non-hydrogen) atoms. The number of hydrogen-bond acceptors (Lipinski definition) is 5. The zero-order valence-electron chi connectivity index (χ0n) is 14.0. The Bertz CT molecular complexity index is 926. The van der Waals surface area contributed by atoms with E-state index in [1.165, 1.54) is 6.07 Å². The molecule has 2 N–H and O–H groups in total. The van der Waals surface area contributed by atoms with E-state index in [0.717, 1.165) is 11.4 Å². The lowest BCUT2D eigenvalue weighted by molar-refractivity contribution is 0.131. The van der Waals surface area contributed by atoms with Gasteiger partial charge in [0, 0.05) is 43.0 Å². The van der Waals surface area contributed by atoms with Crippen LogP contribution in [0.2, 0.25) is 0 Å². The Labute approximate surface area is 144 Å². The third kappa shape index (κ3) is 3.65. The maximum absolute atomic E-state index is 13.8. The molecule has 6 nitrogen and oxygen atoms in total. The maximum Gasteiger partial charge on any atom is 0.170 e. The molecule has 0 amide bonds. The first-order valence-electron chi connectivity index (χ1n) is 7.67. The van der Waals surface area contributed by atoms with E-state index in [0.29, 0.717) is 16.5 Å². The highest BCUT2D eigenvalue weighted by Gasteiger charge is 2.08. The van der Waals surface area contributed by atoms with Crippen molar-refractivity contribution in [2.45, 2.75) is 6.61 Å². The lowest BCUT2D eigenvalue weighted by Gasteiger charge is -2.11. The lowest BCUT2D eigenvalue weighted by Crippen LogP contribution is -2.16. The summed E-state index contributed by atoms with van der Waals surface area (Å²) in [5.41, 5.74) is 7.96. The van der Waals surface area contributed by atoms with Crippen molar-refractivity contribution in [3.05, 3.63) is 65.7 Å². The van der Waals surface area contributed by atoms with E-state index in [9.17, 15) is 4.39 Å². The molecule has 1 aromatic carbocycles. The fourth-order valence-corrected chi connectivity index (χ4v) is 2.36. The second-order valence-corrected chi connectivity index (χ2v) is 5.65. The van der Waals surface area contributed by atoms with E-state index in [1.807, 2.05) is 25.1 Å². The van der Waals surface area contributed by atoms with Gasteiger partial charge in [0.05, 0.1) is 5.52 Å². The topological polar surface area (TPSA) is 76.6 Å². The van der Waals surface area contributed by atoms with Crippen LogP contribution in [-0.2, 0) is 11.4 Å². The number of halogens is 1. The number of fused-ring (bicyclic) bond motifs is 1. The van der Waals surface area contributed by atoms with Gasteiger partial charge < -0.3 is 15.5 Å². The monoisotopic (exact) mass is 339 g/mol. The van der Waals surface area contributed by atoms with Crippen LogP contribution in [0.15, 0.2) is 53.9 Å². The van der Waals surface area contributed by atoms with Crippen molar-refractivity contribution in [3.8, 4) is 0 Å². The smallest absolute Gasteiger partial charge is 0.170 e. The van der Waals surface area contributed by atoms with Gasteiger partial charge in [-0.2, -0.15) is 0 Å². The van der Waals surface area contributed by atoms with Crippen LogP contribution in [-0.4, -0.2) is 29.9 Å². The Morgan fingerprint density at radius 2 is 2.04 bits per heavy atom. The summed E-state index contributed by atoms with van der Waals surface area (Å²) >= 11 is 0. The number of amidine groups is 1. The minimum Gasteiger partial charge on any atom is -0.389 e. The molecule has 0 bridgehead atoms. The van der Waals surface area contributed by atoms with E-state index in [2.05, 4.69) is 15.1 Å². The van der Waals surface area contributed by atoms with Crippen molar-refractivity contribution in [2.75, 3.05) is 19.0 Å². The van der Waals surface area contributed by atoms with E-state index >= 15 is 0 Å². The number of hydrogen-bond donors (Lipinski definition) is 1. The molecular formula is C18H18FN5O. The fourth-order valence-electron chi connectivity index (χ4n) is 2.36. The highest BCUT2D eigenvalue weighted by Crippen LogP contribution is 2.20. The predicted molar refractivity (Wildman–Crippen MR) is 95.8 cm³/mol. The molecule has 7 heteroatoms. The van der Waals surface area contributed by atoms with Crippen LogP contribution < -0.4 is 10.6 Å². The molecule has 0 spiro atoms. The summed E-state index contributed by atoms with van der Waals surface area (Å²) in [4.78, 5) is 15.7. The number of benzene rings is 1. The molecule has 0 saturated heterocycles. The fraction of sp³-hybridized carbons (Fsp3) is 0.167. The first-order chi connectivity index (χ1) is 12.1. The number of anilines is 1. The molecule has 0 aliphatic heterocycles. The summed E-state index contributed by atoms with van der Waals surface area (Å²) in [5, 5.41) is 4.40. The van der Waals surface area contributed by atoms with Crippen LogP contribution in [0.25, 0.3) is 10.9 Å². The molecule has 0 atom stereocenters. The van der Waals surface area contributed by atoms with Crippen molar-refractivity contribution in [2.24, 2.45) is 10.9 Å². The van der Waals surface area contributed by atoms with Crippen molar-refractivity contribution < 1.29 is 9.23 Å². The van der Waals surface area contributed by atoms with Crippen LogP contribution in [0.5, 0.6) is 0 Å². The highest BCUT2D eigenvalue weighted by atomic mass is 19.1. The van der Waals surface area contributed by atoms with Gasteiger partial charge in [-0.3, -0.25) is 4.98 Å². The van der Waals surface area contributed by atoms with Gasteiger partial charge in [-0.05, 0) is 30.3 Å². The summed E-state index contributed by atoms with van der Waals surface area (Å²) in [6.07, 6.45) is 3.27. The highest BCUT2D eigenvalue weighted by molar-refractivity contribution is 5.97. The third-order valence-corrected chi connectivity index (χ3v) is 3.68. The summed E-state index contributed by atoms with van der Waals surface area (Å²) in [5.74, 6) is 0.692. The molecule has 0 aliphatic rings. The van der Waals surface area contributed by atoms with Crippen LogP contribution in [0.3, 0.4) is 0 Å². The van der Waals surface area contributed by atoms with E-state index in [4.69, 9.17) is 10.6 Å². The zero-order valence-corrected chi connectivity index (χ0v) is 14.0. The first-order valence-corrected chi connectivity index (χ1v) is 7.67. The van der Waals surface area contributed by atoms with Gasteiger partial charge >= 0.3 is 0 Å². The van der Waals surface area contributed by atoms with Gasteiger partial charge in [-0.15, -0.1) is 0 Å². The van der Waals surface area contributed by atoms with Crippen LogP contribution in [0.4, 0.5) is 10.2 Å². The molecular weight excluding hydrogens is 321 g/mol. The Kier molecular flexibility index (Phi) is 4.74. The van der Waals surface area contributed by atoms with Crippen LogP contribution in [0, 0.1) is 5.82 Å². The average molecular weight is 339 g/mol. The molecule has 3 aromatic rings. The molecule has 0 aliphatic carbocycles. The summed E-state index contributed by atoms with van der Waals surface area (Å²) in [6, 6.07) is 9.96. The Hall–Kier alpha value is -3.22. The molecule has 0 unspecified atom stereocenters. The average Bonchev–Trinajstić information content (AvgIpc) is 2.64. The summed E-state index contributed by atoms with van der Waals surface area (Å²) in [6.45, 7) is 0.139. The number of nitrogens with zero attached hydrogens (tertiary/aromatic N) is 4. The normalized spacial score (nSPS) is 11.6. The van der Waals surface area contributed by atoms with Crippen LogP contribution >= 0.6 is 0 Å². The molecule has 0 radical (unpaired) electrons. The van der Waals surface area contributed by atoms with E-state index in [-0.39, 0.29) is 18.3 Å². The molecule has 2 heterocycles. The van der Waals surface area contributed by atoms with E-state index in [1.54, 1.807) is 36.7 Å². The standard InChI is InChI=1S/C18H18FN5O/c1-24(2)16-10-12(7-9-21-16)18(20)23-25-11-13-5-6-15(19)14-4-3-8-22-17(13)14/h3-10H,11H2,1-2H3,(H2,20,23).